The number of hydrogen-bond donors (Lipinski definition) is 1. The second kappa shape index (κ2) is 5.39. The Morgan fingerprint density at radius 2 is 2.16 bits per heavy atom. The molecule has 19 heavy (non-hydrogen) atoms. The zero-order chi connectivity index (χ0) is 14.0. The summed E-state index contributed by atoms with van der Waals surface area (Å²) >= 11 is 0. The molecule has 4 heteroatoms. The van der Waals surface area contributed by atoms with Crippen LogP contribution in [-0.2, 0) is 4.74 Å². The van der Waals surface area contributed by atoms with Crippen LogP contribution in [0.15, 0.2) is 18.2 Å². The molecule has 2 N–H and O–H groups in total. The van der Waals surface area contributed by atoms with Gasteiger partial charge in [0.25, 0.3) is 0 Å². The highest BCUT2D eigenvalue weighted by atomic mass is 16.5. The van der Waals surface area contributed by atoms with Crippen LogP contribution in [0.5, 0.6) is 5.75 Å². The van der Waals surface area contributed by atoms with Crippen LogP contribution in [0.25, 0.3) is 0 Å². The van der Waals surface area contributed by atoms with Crippen LogP contribution in [0.3, 0.4) is 0 Å². The Labute approximate surface area is 115 Å². The molecule has 1 heterocycles. The average molecular weight is 264 g/mol. The highest BCUT2D eigenvalue weighted by Gasteiger charge is 2.33. The van der Waals surface area contributed by atoms with Gasteiger partial charge >= 0.3 is 0 Å². The molecule has 4 nitrogen and oxygen atoms in total. The maximum Gasteiger partial charge on any atom is 0.125 e. The predicted molar refractivity (Wildman–Crippen MR) is 77.8 cm³/mol. The van der Waals surface area contributed by atoms with E-state index >= 15 is 0 Å². The lowest BCUT2D eigenvalue weighted by Crippen LogP contribution is -2.53. The molecule has 0 bridgehead atoms. The van der Waals surface area contributed by atoms with E-state index < -0.39 is 0 Å². The fourth-order valence-corrected chi connectivity index (χ4v) is 2.71. The van der Waals surface area contributed by atoms with Crippen LogP contribution < -0.4 is 15.4 Å². The summed E-state index contributed by atoms with van der Waals surface area (Å²) in [6.07, 6.45) is 0. The molecule has 1 aromatic rings. The molecule has 0 saturated carbocycles. The Kier molecular flexibility index (Phi) is 4.02. The van der Waals surface area contributed by atoms with Gasteiger partial charge in [0.1, 0.15) is 5.75 Å². The molecule has 0 radical (unpaired) electrons. The predicted octanol–water partition coefficient (Wildman–Crippen LogP) is 2.33. The minimum absolute atomic E-state index is 0.0335. The number of benzene rings is 1. The molecule has 0 amide bonds. The summed E-state index contributed by atoms with van der Waals surface area (Å²) in [5.74, 6) is 0.856. The van der Waals surface area contributed by atoms with E-state index in [-0.39, 0.29) is 11.6 Å². The molecule has 0 spiro atoms. The fourth-order valence-electron chi connectivity index (χ4n) is 2.71. The van der Waals surface area contributed by atoms with Gasteiger partial charge in [-0.3, -0.25) is 0 Å². The molecule has 0 aliphatic carbocycles. The van der Waals surface area contributed by atoms with Gasteiger partial charge in [0.05, 0.1) is 25.9 Å². The largest absolute Gasteiger partial charge is 0.496 e. The third-order valence-corrected chi connectivity index (χ3v) is 3.65. The van der Waals surface area contributed by atoms with E-state index in [1.165, 1.54) is 0 Å². The summed E-state index contributed by atoms with van der Waals surface area (Å²) in [4.78, 5) is 2.37. The summed E-state index contributed by atoms with van der Waals surface area (Å²) in [6, 6.07) is 6.04. The van der Waals surface area contributed by atoms with Gasteiger partial charge in [-0.1, -0.05) is 6.07 Å². The summed E-state index contributed by atoms with van der Waals surface area (Å²) in [7, 11) is 1.69. The van der Waals surface area contributed by atoms with Crippen molar-refractivity contribution < 1.29 is 9.47 Å². The van der Waals surface area contributed by atoms with Crippen molar-refractivity contribution in [1.29, 1.82) is 0 Å². The Bertz CT molecular complexity index is 444. The van der Waals surface area contributed by atoms with E-state index in [2.05, 4.69) is 24.8 Å². The molecular weight excluding hydrogens is 240 g/mol. The van der Waals surface area contributed by atoms with Crippen molar-refractivity contribution in [3.63, 3.8) is 0 Å². The van der Waals surface area contributed by atoms with Gasteiger partial charge in [0.2, 0.25) is 0 Å². The zero-order valence-electron chi connectivity index (χ0n) is 12.3. The molecule has 1 aliphatic rings. The maximum absolute atomic E-state index is 6.15. The number of ether oxygens (including phenoxy) is 2. The third-order valence-electron chi connectivity index (χ3n) is 3.65. The highest BCUT2D eigenvalue weighted by molar-refractivity contribution is 5.62. The molecular formula is C15H24N2O2. The fraction of sp³-hybridized carbons (Fsp3) is 0.600. The van der Waals surface area contributed by atoms with Crippen molar-refractivity contribution in [2.24, 2.45) is 5.73 Å². The molecule has 1 aliphatic heterocycles. The Morgan fingerprint density at radius 1 is 1.42 bits per heavy atom. The van der Waals surface area contributed by atoms with E-state index in [4.69, 9.17) is 15.2 Å². The van der Waals surface area contributed by atoms with Crippen molar-refractivity contribution in [1.82, 2.24) is 0 Å². The first kappa shape index (κ1) is 14.2. The third kappa shape index (κ3) is 2.69. The van der Waals surface area contributed by atoms with Crippen molar-refractivity contribution in [2.45, 2.75) is 32.4 Å². The minimum atomic E-state index is -0.0650. The number of methoxy groups -OCH3 is 1. The lowest BCUT2D eigenvalue weighted by atomic mass is 9.97. The lowest BCUT2D eigenvalue weighted by molar-refractivity contribution is 0.0642. The monoisotopic (exact) mass is 264 g/mol. The molecule has 1 aromatic carbocycles. The number of rotatable bonds is 3. The maximum atomic E-state index is 6.15. The smallest absolute Gasteiger partial charge is 0.125 e. The molecule has 106 valence electrons. The van der Waals surface area contributed by atoms with E-state index in [0.29, 0.717) is 0 Å². The van der Waals surface area contributed by atoms with Crippen LogP contribution in [0.4, 0.5) is 5.69 Å². The van der Waals surface area contributed by atoms with Gasteiger partial charge in [-0.05, 0) is 32.9 Å². The topological polar surface area (TPSA) is 47.7 Å². The summed E-state index contributed by atoms with van der Waals surface area (Å²) in [5.41, 5.74) is 8.34. The van der Waals surface area contributed by atoms with Gasteiger partial charge < -0.3 is 20.1 Å². The average Bonchev–Trinajstić information content (AvgIpc) is 2.37. The van der Waals surface area contributed by atoms with Gasteiger partial charge in [-0.15, -0.1) is 0 Å². The molecule has 0 aromatic heterocycles. The zero-order valence-corrected chi connectivity index (χ0v) is 12.3. The molecule has 2 rings (SSSR count). The van der Waals surface area contributed by atoms with Crippen LogP contribution in [0.1, 0.15) is 32.4 Å². The summed E-state index contributed by atoms with van der Waals surface area (Å²) in [6.45, 7) is 8.73. The van der Waals surface area contributed by atoms with Crippen LogP contribution in [-0.4, -0.2) is 32.4 Å². The standard InChI is InChI=1S/C15H24N2O2/c1-11(16)14-12(6-5-7-13(14)18-4)17-8-9-19-10-15(17,2)3/h5-7,11H,8-10,16H2,1-4H3. The SMILES string of the molecule is COc1cccc(N2CCOCC2(C)C)c1C(C)N. The summed E-state index contributed by atoms with van der Waals surface area (Å²) in [5, 5.41) is 0. The second-order valence-electron chi connectivity index (χ2n) is 5.70. The van der Waals surface area contributed by atoms with Gasteiger partial charge in [-0.25, -0.2) is 0 Å². The van der Waals surface area contributed by atoms with Gasteiger partial charge in [0.15, 0.2) is 0 Å². The first-order valence-corrected chi connectivity index (χ1v) is 6.75. The number of nitrogens with zero attached hydrogens (tertiary/aromatic N) is 1. The van der Waals surface area contributed by atoms with E-state index in [0.717, 1.165) is 36.8 Å². The number of nitrogens with two attached hydrogens (primary N) is 1. The minimum Gasteiger partial charge on any atom is -0.496 e. The van der Waals surface area contributed by atoms with E-state index in [1.807, 2.05) is 19.1 Å². The first-order valence-electron chi connectivity index (χ1n) is 6.75. The Morgan fingerprint density at radius 3 is 2.74 bits per heavy atom. The molecule has 1 atom stereocenters. The molecule has 1 unspecified atom stereocenters. The van der Waals surface area contributed by atoms with E-state index in [9.17, 15) is 0 Å². The summed E-state index contributed by atoms with van der Waals surface area (Å²) < 4.78 is 11.1. The second-order valence-corrected chi connectivity index (χ2v) is 5.70. The van der Waals surface area contributed by atoms with E-state index in [1.54, 1.807) is 7.11 Å². The van der Waals surface area contributed by atoms with Crippen molar-refractivity contribution in [3.05, 3.63) is 23.8 Å². The first-order chi connectivity index (χ1) is 8.97. The van der Waals surface area contributed by atoms with Crippen LogP contribution in [0, 0.1) is 0 Å². The Hall–Kier alpha value is -1.26. The van der Waals surface area contributed by atoms with Crippen LogP contribution in [0.2, 0.25) is 0 Å². The van der Waals surface area contributed by atoms with Crippen molar-refractivity contribution >= 4 is 5.69 Å². The highest BCUT2D eigenvalue weighted by Crippen LogP contribution is 2.37. The van der Waals surface area contributed by atoms with Gasteiger partial charge in [-0.2, -0.15) is 0 Å². The lowest BCUT2D eigenvalue weighted by Gasteiger charge is -2.45. The normalized spacial score (nSPS) is 20.2. The van der Waals surface area contributed by atoms with Crippen molar-refractivity contribution in [3.8, 4) is 5.75 Å². The molecule has 1 saturated heterocycles. The van der Waals surface area contributed by atoms with Gasteiger partial charge in [0, 0.05) is 23.8 Å². The van der Waals surface area contributed by atoms with Crippen molar-refractivity contribution in [2.75, 3.05) is 31.8 Å². The number of anilines is 1. The number of morpholine rings is 1. The Balaban J connectivity index is 2.49. The quantitative estimate of drug-likeness (QED) is 0.910. The molecule has 1 fully saturated rings. The van der Waals surface area contributed by atoms with Crippen LogP contribution >= 0.6 is 0 Å². The number of hydrogen-bond acceptors (Lipinski definition) is 4.